The van der Waals surface area contributed by atoms with Crippen LogP contribution in [0.2, 0.25) is 0 Å². The van der Waals surface area contributed by atoms with Gasteiger partial charge in [0.05, 0.1) is 12.6 Å². The van der Waals surface area contributed by atoms with Gasteiger partial charge in [0.1, 0.15) is 11.4 Å². The van der Waals surface area contributed by atoms with Crippen LogP contribution in [0, 0.1) is 13.0 Å². The quantitative estimate of drug-likeness (QED) is 0.680. The maximum Gasteiger partial charge on any atom is 0.210 e. The molecule has 3 aromatic rings. The number of carbonyl (C=O) groups is 1. The fraction of sp³-hybridized carbons (Fsp3) is 0.118. The molecular formula is C17H14NO2. The van der Waals surface area contributed by atoms with E-state index in [1.165, 1.54) is 0 Å². The Morgan fingerprint density at radius 1 is 1.20 bits per heavy atom. The predicted molar refractivity (Wildman–Crippen MR) is 77.4 cm³/mol. The molecule has 0 aliphatic rings. The Morgan fingerprint density at radius 3 is 2.65 bits per heavy atom. The summed E-state index contributed by atoms with van der Waals surface area (Å²) in [5, 5.41) is 0. The summed E-state index contributed by atoms with van der Waals surface area (Å²) in [7, 11) is 1.63. The van der Waals surface area contributed by atoms with Crippen LogP contribution in [-0.2, 0) is 0 Å². The van der Waals surface area contributed by atoms with E-state index in [9.17, 15) is 4.79 Å². The highest BCUT2D eigenvalue weighted by Crippen LogP contribution is 2.31. The Labute approximate surface area is 117 Å². The van der Waals surface area contributed by atoms with E-state index >= 15 is 0 Å². The predicted octanol–water partition coefficient (Wildman–Crippen LogP) is 3.29. The maximum absolute atomic E-state index is 12.7. The zero-order chi connectivity index (χ0) is 14.1. The third kappa shape index (κ3) is 1.79. The van der Waals surface area contributed by atoms with Crippen molar-refractivity contribution in [2.45, 2.75) is 6.92 Å². The second-order valence-electron chi connectivity index (χ2n) is 4.58. The van der Waals surface area contributed by atoms with Crippen LogP contribution < -0.4 is 4.74 Å². The summed E-state index contributed by atoms with van der Waals surface area (Å²) < 4.78 is 7.33. The molecule has 0 amide bonds. The number of methoxy groups -OCH3 is 1. The first-order valence-electron chi connectivity index (χ1n) is 6.38. The van der Waals surface area contributed by atoms with Gasteiger partial charge in [-0.05, 0) is 25.1 Å². The third-order valence-electron chi connectivity index (χ3n) is 3.43. The summed E-state index contributed by atoms with van der Waals surface area (Å²) >= 11 is 0. The normalized spacial score (nSPS) is 10.7. The Balaban J connectivity index is 2.27. The van der Waals surface area contributed by atoms with Crippen LogP contribution in [0.25, 0.3) is 5.52 Å². The molecule has 0 N–H and O–H groups in total. The molecule has 3 heteroatoms. The molecule has 3 nitrogen and oxygen atoms in total. The van der Waals surface area contributed by atoms with Gasteiger partial charge in [-0.1, -0.05) is 30.3 Å². The minimum absolute atomic E-state index is 0.0130. The van der Waals surface area contributed by atoms with Crippen LogP contribution in [-0.4, -0.2) is 17.3 Å². The van der Waals surface area contributed by atoms with Crippen LogP contribution >= 0.6 is 0 Å². The highest BCUT2D eigenvalue weighted by atomic mass is 16.5. The minimum Gasteiger partial charge on any atom is -0.494 e. The van der Waals surface area contributed by atoms with Crippen molar-refractivity contribution in [2.24, 2.45) is 0 Å². The van der Waals surface area contributed by atoms with Crippen LogP contribution in [0.5, 0.6) is 5.75 Å². The van der Waals surface area contributed by atoms with E-state index in [0.717, 1.165) is 16.8 Å². The number of ether oxygens (including phenoxy) is 1. The molecule has 0 saturated heterocycles. The van der Waals surface area contributed by atoms with Crippen molar-refractivity contribution in [2.75, 3.05) is 7.11 Å². The molecule has 1 aromatic carbocycles. The molecule has 0 fully saturated rings. The largest absolute Gasteiger partial charge is 0.494 e. The molecule has 1 radical (unpaired) electrons. The molecule has 99 valence electrons. The van der Waals surface area contributed by atoms with Gasteiger partial charge in [0.25, 0.3) is 0 Å². The monoisotopic (exact) mass is 264 g/mol. The van der Waals surface area contributed by atoms with Crippen molar-refractivity contribution in [1.82, 2.24) is 4.40 Å². The van der Waals surface area contributed by atoms with E-state index in [4.69, 9.17) is 4.74 Å². The lowest BCUT2D eigenvalue weighted by Crippen LogP contribution is -2.06. The van der Waals surface area contributed by atoms with Crippen LogP contribution in [0.15, 0.2) is 48.7 Å². The summed E-state index contributed by atoms with van der Waals surface area (Å²) in [5.74, 6) is 0.734. The fourth-order valence-corrected chi connectivity index (χ4v) is 2.52. The van der Waals surface area contributed by atoms with Crippen molar-refractivity contribution < 1.29 is 9.53 Å². The van der Waals surface area contributed by atoms with E-state index in [-0.39, 0.29) is 5.78 Å². The van der Waals surface area contributed by atoms with E-state index in [2.05, 4.69) is 6.07 Å². The molecule has 2 aromatic heterocycles. The zero-order valence-corrected chi connectivity index (χ0v) is 11.4. The fourth-order valence-electron chi connectivity index (χ4n) is 2.52. The van der Waals surface area contributed by atoms with Gasteiger partial charge in [-0.2, -0.15) is 0 Å². The van der Waals surface area contributed by atoms with Gasteiger partial charge in [0, 0.05) is 17.3 Å². The van der Waals surface area contributed by atoms with Crippen LogP contribution in [0.4, 0.5) is 0 Å². The Kier molecular flexibility index (Phi) is 3.03. The first kappa shape index (κ1) is 12.5. The number of benzene rings is 1. The Morgan fingerprint density at radius 2 is 1.95 bits per heavy atom. The maximum atomic E-state index is 12.7. The molecule has 0 atom stereocenters. The lowest BCUT2D eigenvalue weighted by Gasteiger charge is -2.03. The van der Waals surface area contributed by atoms with Crippen molar-refractivity contribution >= 4 is 11.3 Å². The van der Waals surface area contributed by atoms with E-state index in [0.29, 0.717) is 11.3 Å². The molecule has 20 heavy (non-hydrogen) atoms. The molecule has 0 unspecified atom stereocenters. The van der Waals surface area contributed by atoms with Gasteiger partial charge in [0.15, 0.2) is 0 Å². The van der Waals surface area contributed by atoms with Gasteiger partial charge < -0.3 is 9.14 Å². The molecule has 0 aliphatic heterocycles. The molecule has 0 bridgehead atoms. The number of carbonyl (C=O) groups excluding carboxylic acids is 1. The summed E-state index contributed by atoms with van der Waals surface area (Å²) in [6.07, 6.45) is 1.88. The zero-order valence-electron chi connectivity index (χ0n) is 11.4. The topological polar surface area (TPSA) is 30.7 Å². The number of rotatable bonds is 3. The van der Waals surface area contributed by atoms with E-state index < -0.39 is 0 Å². The summed E-state index contributed by atoms with van der Waals surface area (Å²) in [6.45, 7) is 1.91. The molecular weight excluding hydrogens is 250 g/mol. The van der Waals surface area contributed by atoms with Crippen molar-refractivity contribution in [3.05, 3.63) is 71.5 Å². The summed E-state index contributed by atoms with van der Waals surface area (Å²) in [6, 6.07) is 15.7. The molecule has 2 heterocycles. The Bertz CT molecular complexity index is 772. The molecule has 0 aliphatic carbocycles. The van der Waals surface area contributed by atoms with Gasteiger partial charge in [-0.3, -0.25) is 4.79 Å². The third-order valence-corrected chi connectivity index (χ3v) is 3.43. The molecule has 3 rings (SSSR count). The molecule has 0 spiro atoms. The number of nitrogens with zero attached hydrogens (tertiary/aromatic N) is 1. The average molecular weight is 264 g/mol. The number of hydrogen-bond acceptors (Lipinski definition) is 2. The van der Waals surface area contributed by atoms with Crippen LogP contribution in [0.1, 0.15) is 21.6 Å². The highest BCUT2D eigenvalue weighted by Gasteiger charge is 2.21. The second kappa shape index (κ2) is 4.85. The van der Waals surface area contributed by atoms with Crippen LogP contribution in [0.3, 0.4) is 0 Å². The highest BCUT2D eigenvalue weighted by molar-refractivity contribution is 6.10. The number of hydrogen-bond donors (Lipinski definition) is 0. The summed E-state index contributed by atoms with van der Waals surface area (Å²) in [5.41, 5.74) is 3.05. The first-order valence-corrected chi connectivity index (χ1v) is 6.38. The van der Waals surface area contributed by atoms with Gasteiger partial charge >= 0.3 is 0 Å². The standard InChI is InChI=1S/C17H14NO2/c1-12-15(16(19)13-8-4-3-5-9-13)18-11-7-6-10-14(18)17(12)20-2/h4-11H,1-2H3. The number of pyridine rings is 1. The number of fused-ring (bicyclic) bond motifs is 1. The lowest BCUT2D eigenvalue weighted by atomic mass is 10.1. The number of aromatic nitrogens is 1. The van der Waals surface area contributed by atoms with Gasteiger partial charge in [-0.15, -0.1) is 0 Å². The average Bonchev–Trinajstić information content (AvgIpc) is 2.79. The second-order valence-corrected chi connectivity index (χ2v) is 4.58. The van der Waals surface area contributed by atoms with Gasteiger partial charge in [0.2, 0.25) is 5.78 Å². The SMILES string of the molecule is COc1c(C)c(C(=O)c2cc[c]cc2)n2ccccc12. The van der Waals surface area contributed by atoms with Crippen molar-refractivity contribution in [3.8, 4) is 5.75 Å². The summed E-state index contributed by atoms with van der Waals surface area (Å²) in [4.78, 5) is 12.7. The number of ketones is 1. The van der Waals surface area contributed by atoms with Gasteiger partial charge in [-0.25, -0.2) is 0 Å². The van der Waals surface area contributed by atoms with E-state index in [1.54, 1.807) is 31.4 Å². The first-order chi connectivity index (χ1) is 9.74. The van der Waals surface area contributed by atoms with Crippen molar-refractivity contribution in [1.29, 1.82) is 0 Å². The lowest BCUT2D eigenvalue weighted by molar-refractivity contribution is 0.103. The smallest absolute Gasteiger partial charge is 0.210 e. The van der Waals surface area contributed by atoms with E-state index in [1.807, 2.05) is 35.7 Å². The Hall–Kier alpha value is -2.55. The minimum atomic E-state index is -0.0130. The molecule has 0 saturated carbocycles. The van der Waals surface area contributed by atoms with Crippen molar-refractivity contribution in [3.63, 3.8) is 0 Å².